The van der Waals surface area contributed by atoms with Gasteiger partial charge in [-0.3, -0.25) is 4.79 Å². The zero-order chi connectivity index (χ0) is 24.0. The Morgan fingerprint density at radius 3 is 2.69 bits per heavy atom. The van der Waals surface area contributed by atoms with Crippen molar-refractivity contribution >= 4 is 29.0 Å². The summed E-state index contributed by atoms with van der Waals surface area (Å²) in [5, 5.41) is 6.31. The van der Waals surface area contributed by atoms with E-state index in [0.29, 0.717) is 29.8 Å². The van der Waals surface area contributed by atoms with Gasteiger partial charge >= 0.3 is 0 Å². The standard InChI is InChI=1S/C26H34FN7O/c1-32-11-13-33(14-12-32)22-8-7-19(15-21(22)27)30-25-29-17-18-16-26(9-4-10-28-24(26)35)34(23(18)31-25)20-5-2-3-6-20/h7-8,15,17,20H,2-6,9-14,16H2,1H3,(H,28,35)(H,29,30,31). The molecule has 3 fully saturated rings. The van der Waals surface area contributed by atoms with Gasteiger partial charge in [0, 0.05) is 62.6 Å². The molecule has 1 spiro atoms. The molecule has 1 atom stereocenters. The number of rotatable bonds is 4. The van der Waals surface area contributed by atoms with E-state index in [0.717, 1.165) is 69.8 Å². The van der Waals surface area contributed by atoms with Gasteiger partial charge in [-0.2, -0.15) is 4.98 Å². The second-order valence-electron chi connectivity index (χ2n) is 10.5. The molecule has 1 aromatic carbocycles. The number of piperidine rings is 1. The molecule has 4 heterocycles. The minimum Gasteiger partial charge on any atom is -0.367 e. The van der Waals surface area contributed by atoms with Crippen LogP contribution in [0, 0.1) is 5.82 Å². The summed E-state index contributed by atoms with van der Waals surface area (Å²) in [6.07, 6.45) is 8.85. The molecule has 0 radical (unpaired) electrons. The molecule has 1 amide bonds. The van der Waals surface area contributed by atoms with Crippen LogP contribution in [0.3, 0.4) is 0 Å². The lowest BCUT2D eigenvalue weighted by molar-refractivity contribution is -0.128. The van der Waals surface area contributed by atoms with E-state index in [1.807, 2.05) is 18.3 Å². The molecule has 1 aliphatic carbocycles. The van der Waals surface area contributed by atoms with E-state index in [4.69, 9.17) is 4.98 Å². The summed E-state index contributed by atoms with van der Waals surface area (Å²) < 4.78 is 15.0. The van der Waals surface area contributed by atoms with E-state index >= 15 is 4.39 Å². The van der Waals surface area contributed by atoms with E-state index in [1.165, 1.54) is 18.9 Å². The summed E-state index contributed by atoms with van der Waals surface area (Å²) >= 11 is 0. The van der Waals surface area contributed by atoms with Crippen LogP contribution in [-0.4, -0.2) is 72.1 Å². The van der Waals surface area contributed by atoms with Crippen LogP contribution in [0.2, 0.25) is 0 Å². The summed E-state index contributed by atoms with van der Waals surface area (Å²) in [4.78, 5) is 29.3. The number of anilines is 4. The Labute approximate surface area is 205 Å². The first kappa shape index (κ1) is 22.5. The number of likely N-dealkylation sites (N-methyl/N-ethyl adjacent to an activating group) is 1. The number of nitrogens with zero attached hydrogens (tertiary/aromatic N) is 5. The van der Waals surface area contributed by atoms with Crippen LogP contribution in [0.15, 0.2) is 24.4 Å². The van der Waals surface area contributed by atoms with Crippen molar-refractivity contribution in [1.29, 1.82) is 0 Å². The van der Waals surface area contributed by atoms with Crippen LogP contribution in [0.1, 0.15) is 44.1 Å². The third-order valence-electron chi connectivity index (χ3n) is 8.23. The summed E-state index contributed by atoms with van der Waals surface area (Å²) in [5.74, 6) is 1.17. The van der Waals surface area contributed by atoms with Crippen molar-refractivity contribution in [1.82, 2.24) is 20.2 Å². The number of amides is 1. The van der Waals surface area contributed by atoms with Crippen molar-refractivity contribution in [2.75, 3.05) is 54.9 Å². The number of halogens is 1. The van der Waals surface area contributed by atoms with Crippen molar-refractivity contribution in [2.24, 2.45) is 0 Å². The molecule has 9 heteroatoms. The molecule has 0 bridgehead atoms. The van der Waals surface area contributed by atoms with Crippen LogP contribution >= 0.6 is 0 Å². The third-order valence-corrected chi connectivity index (χ3v) is 8.23. The molecule has 1 aromatic heterocycles. The average Bonchev–Trinajstić information content (AvgIpc) is 3.48. The van der Waals surface area contributed by atoms with Crippen molar-refractivity contribution in [2.45, 2.75) is 56.5 Å². The van der Waals surface area contributed by atoms with Crippen LogP contribution in [0.4, 0.5) is 27.5 Å². The molecular weight excluding hydrogens is 445 g/mol. The topological polar surface area (TPSA) is 76.6 Å². The first-order chi connectivity index (χ1) is 17.0. The first-order valence-corrected chi connectivity index (χ1v) is 13.0. The summed E-state index contributed by atoms with van der Waals surface area (Å²) in [5.41, 5.74) is 1.72. The number of carbonyl (C=O) groups is 1. The Balaban J connectivity index is 1.26. The van der Waals surface area contributed by atoms with E-state index < -0.39 is 5.54 Å². The maximum atomic E-state index is 15.0. The predicted molar refractivity (Wildman–Crippen MR) is 135 cm³/mol. The maximum Gasteiger partial charge on any atom is 0.246 e. The highest BCUT2D eigenvalue weighted by Crippen LogP contribution is 2.46. The summed E-state index contributed by atoms with van der Waals surface area (Å²) in [7, 11) is 2.09. The van der Waals surface area contributed by atoms with Crippen LogP contribution in [0.5, 0.6) is 0 Å². The quantitative estimate of drug-likeness (QED) is 0.698. The van der Waals surface area contributed by atoms with E-state index in [9.17, 15) is 4.79 Å². The Morgan fingerprint density at radius 1 is 1.14 bits per heavy atom. The second-order valence-corrected chi connectivity index (χ2v) is 10.5. The Kier molecular flexibility index (Phi) is 5.75. The minimum atomic E-state index is -0.556. The van der Waals surface area contributed by atoms with Crippen molar-refractivity contribution < 1.29 is 9.18 Å². The number of benzene rings is 1. The lowest BCUT2D eigenvalue weighted by atomic mass is 9.84. The van der Waals surface area contributed by atoms with Crippen LogP contribution in [-0.2, 0) is 11.2 Å². The molecule has 1 unspecified atom stereocenters. The number of piperazine rings is 1. The molecular formula is C26H34FN7O. The second kappa shape index (κ2) is 8.93. The van der Waals surface area contributed by atoms with Gasteiger partial charge in [0.05, 0.1) is 5.69 Å². The monoisotopic (exact) mass is 479 g/mol. The highest BCUT2D eigenvalue weighted by molar-refractivity contribution is 5.93. The van der Waals surface area contributed by atoms with Gasteiger partial charge in [0.25, 0.3) is 0 Å². The zero-order valence-electron chi connectivity index (χ0n) is 20.4. The molecule has 186 valence electrons. The molecule has 2 saturated heterocycles. The minimum absolute atomic E-state index is 0.115. The Bertz CT molecular complexity index is 1110. The number of hydrogen-bond acceptors (Lipinski definition) is 7. The van der Waals surface area contributed by atoms with Gasteiger partial charge < -0.3 is 25.3 Å². The fourth-order valence-electron chi connectivity index (χ4n) is 6.36. The van der Waals surface area contributed by atoms with Gasteiger partial charge in [-0.25, -0.2) is 9.37 Å². The summed E-state index contributed by atoms with van der Waals surface area (Å²) in [6.45, 7) is 4.24. The predicted octanol–water partition coefficient (Wildman–Crippen LogP) is 3.07. The van der Waals surface area contributed by atoms with Gasteiger partial charge in [0.2, 0.25) is 11.9 Å². The number of fused-ring (bicyclic) bond motifs is 1. The van der Waals surface area contributed by atoms with Crippen molar-refractivity contribution in [3.63, 3.8) is 0 Å². The lowest BCUT2D eigenvalue weighted by Crippen LogP contribution is -2.63. The van der Waals surface area contributed by atoms with Gasteiger partial charge in [0.15, 0.2) is 0 Å². The van der Waals surface area contributed by atoms with E-state index in [2.05, 4.69) is 37.4 Å². The average molecular weight is 480 g/mol. The highest BCUT2D eigenvalue weighted by Gasteiger charge is 2.54. The smallest absolute Gasteiger partial charge is 0.246 e. The first-order valence-electron chi connectivity index (χ1n) is 13.0. The van der Waals surface area contributed by atoms with Gasteiger partial charge in [-0.05, 0) is 50.9 Å². The number of hydrogen-bond donors (Lipinski definition) is 2. The fraction of sp³-hybridized carbons (Fsp3) is 0.577. The van der Waals surface area contributed by atoms with Crippen LogP contribution < -0.4 is 20.4 Å². The zero-order valence-corrected chi connectivity index (χ0v) is 20.4. The molecule has 8 nitrogen and oxygen atoms in total. The number of nitrogens with one attached hydrogen (secondary N) is 2. The third kappa shape index (κ3) is 3.99. The lowest BCUT2D eigenvalue weighted by Gasteiger charge is -2.44. The fourth-order valence-corrected chi connectivity index (χ4v) is 6.36. The van der Waals surface area contributed by atoms with Gasteiger partial charge in [-0.15, -0.1) is 0 Å². The largest absolute Gasteiger partial charge is 0.367 e. The Morgan fingerprint density at radius 2 is 1.94 bits per heavy atom. The molecule has 35 heavy (non-hydrogen) atoms. The number of aromatic nitrogens is 2. The molecule has 6 rings (SSSR count). The van der Waals surface area contributed by atoms with E-state index in [1.54, 1.807) is 0 Å². The van der Waals surface area contributed by atoms with Gasteiger partial charge in [-0.1, -0.05) is 12.8 Å². The molecule has 2 N–H and O–H groups in total. The summed E-state index contributed by atoms with van der Waals surface area (Å²) in [6, 6.07) is 5.57. The SMILES string of the molecule is CN1CCN(c2ccc(Nc3ncc4c(n3)N(C3CCCC3)C3(CCCNC3=O)C4)cc2F)CC1. The van der Waals surface area contributed by atoms with Gasteiger partial charge in [0.1, 0.15) is 17.2 Å². The Hall–Kier alpha value is -2.94. The van der Waals surface area contributed by atoms with E-state index in [-0.39, 0.29) is 11.7 Å². The molecule has 3 aliphatic heterocycles. The van der Waals surface area contributed by atoms with Crippen molar-refractivity contribution in [3.05, 3.63) is 35.8 Å². The maximum absolute atomic E-state index is 15.0. The number of carbonyl (C=O) groups excluding carboxylic acids is 1. The molecule has 2 aromatic rings. The molecule has 4 aliphatic rings. The normalized spacial score (nSPS) is 25.3. The van der Waals surface area contributed by atoms with Crippen LogP contribution in [0.25, 0.3) is 0 Å². The highest BCUT2D eigenvalue weighted by atomic mass is 19.1. The molecule has 1 saturated carbocycles. The van der Waals surface area contributed by atoms with Crippen molar-refractivity contribution in [3.8, 4) is 0 Å².